The number of anilines is 1. The molecule has 5 N–H and O–H groups in total. The number of aliphatic carboxylic acids is 2. The highest BCUT2D eigenvalue weighted by Crippen LogP contribution is 2.68. The number of imidazole rings is 1. The minimum atomic E-state index is -4.84. The van der Waals surface area contributed by atoms with Gasteiger partial charge in [0.2, 0.25) is 0 Å². The van der Waals surface area contributed by atoms with Crippen molar-refractivity contribution in [3.63, 3.8) is 0 Å². The maximum atomic E-state index is 12.7. The summed E-state index contributed by atoms with van der Waals surface area (Å²) in [5.41, 5.74) is 6.90. The van der Waals surface area contributed by atoms with Crippen LogP contribution in [0.5, 0.6) is 5.75 Å². The average molecular weight is 572 g/mol. The monoisotopic (exact) mass is 571 g/mol. The molecule has 2 aromatic heterocycles. The number of nitrogens with two attached hydrogens (primary N) is 1. The van der Waals surface area contributed by atoms with Gasteiger partial charge in [0.05, 0.1) is 30.9 Å². The molecule has 4 aliphatic rings. The van der Waals surface area contributed by atoms with Gasteiger partial charge in [-0.3, -0.25) is 9.69 Å². The fourth-order valence-corrected chi connectivity index (χ4v) is 5.69. The molecule has 1 atom stereocenters. The molecule has 0 aromatic carbocycles. The van der Waals surface area contributed by atoms with Gasteiger partial charge in [0.1, 0.15) is 5.82 Å². The molecular weight excluding hydrogens is 539 g/mol. The molecule has 0 amide bonds. The average Bonchev–Trinajstić information content (AvgIpc) is 3.24. The number of morpholine rings is 1. The Labute approximate surface area is 227 Å². The van der Waals surface area contributed by atoms with Gasteiger partial charge in [0.15, 0.2) is 17.7 Å². The Morgan fingerprint density at radius 3 is 2.30 bits per heavy atom. The minimum Gasteiger partial charge on any atom is -0.481 e. The predicted octanol–water partition coefficient (Wildman–Crippen LogP) is 2.42. The van der Waals surface area contributed by atoms with Gasteiger partial charge in [0.25, 0.3) is 0 Å². The van der Waals surface area contributed by atoms with Crippen LogP contribution in [0, 0.1) is 0 Å². The Morgan fingerprint density at radius 2 is 1.80 bits per heavy atom. The standard InChI is InChI=1S/C21H26F3N5O2.C4H6O5/c1-13(2)18-27-15(14-7-16(17(25)26-8-14)31-21(22,23)24)9-29(18)20-10-19(11-20,12-20)28-3-5-30-6-4-28;5-2(4(8)9)1-3(6)7/h7-9,13H,3-6,10-12H2,1-2H3,(H2,25,26);2,5H,1H2,(H,6,7)(H,8,9)/t;2-/m.0/s1. The summed E-state index contributed by atoms with van der Waals surface area (Å²) in [4.78, 5) is 30.6. The van der Waals surface area contributed by atoms with Crippen LogP contribution in [0.2, 0.25) is 0 Å². The van der Waals surface area contributed by atoms with Crippen molar-refractivity contribution in [3.8, 4) is 17.0 Å². The summed E-state index contributed by atoms with van der Waals surface area (Å²) < 4.78 is 49.9. The molecule has 0 radical (unpaired) electrons. The quantitative estimate of drug-likeness (QED) is 0.366. The molecule has 0 spiro atoms. The third-order valence-electron chi connectivity index (χ3n) is 7.47. The first-order chi connectivity index (χ1) is 18.6. The number of nitrogen functional groups attached to an aromatic ring is 1. The van der Waals surface area contributed by atoms with E-state index < -0.39 is 36.6 Å². The van der Waals surface area contributed by atoms with Crippen LogP contribution in [0.15, 0.2) is 18.5 Å². The molecule has 0 unspecified atom stereocenters. The number of carbonyl (C=O) groups is 2. The normalized spacial score (nSPS) is 24.8. The summed E-state index contributed by atoms with van der Waals surface area (Å²) in [6.45, 7) is 7.67. The smallest absolute Gasteiger partial charge is 0.481 e. The summed E-state index contributed by atoms with van der Waals surface area (Å²) in [6, 6.07) is 1.25. The van der Waals surface area contributed by atoms with Crippen molar-refractivity contribution in [2.24, 2.45) is 0 Å². The fraction of sp³-hybridized carbons (Fsp3) is 0.600. The predicted molar refractivity (Wildman–Crippen MR) is 133 cm³/mol. The Bertz CT molecular complexity index is 1240. The van der Waals surface area contributed by atoms with Gasteiger partial charge in [0, 0.05) is 42.5 Å². The zero-order valence-electron chi connectivity index (χ0n) is 22.0. The van der Waals surface area contributed by atoms with Gasteiger partial charge in [-0.05, 0) is 25.3 Å². The molecule has 2 aromatic rings. The topological polar surface area (TPSA) is 173 Å². The van der Waals surface area contributed by atoms with Gasteiger partial charge in [-0.25, -0.2) is 14.8 Å². The Morgan fingerprint density at radius 1 is 1.18 bits per heavy atom. The lowest BCUT2D eigenvalue weighted by Crippen LogP contribution is -2.79. The van der Waals surface area contributed by atoms with Crippen LogP contribution in [-0.2, 0) is 19.9 Å². The molecule has 12 nitrogen and oxygen atoms in total. The van der Waals surface area contributed by atoms with Crippen LogP contribution in [0.1, 0.15) is 51.3 Å². The third-order valence-corrected chi connectivity index (χ3v) is 7.47. The summed E-state index contributed by atoms with van der Waals surface area (Å²) in [5, 5.41) is 24.1. The number of carboxylic acid groups (broad SMARTS) is 2. The van der Waals surface area contributed by atoms with E-state index in [0.717, 1.165) is 51.4 Å². The number of rotatable bonds is 8. The zero-order chi connectivity index (χ0) is 29.5. The van der Waals surface area contributed by atoms with E-state index in [4.69, 9.17) is 30.8 Å². The molecule has 3 saturated carbocycles. The summed E-state index contributed by atoms with van der Waals surface area (Å²) >= 11 is 0. The lowest BCUT2D eigenvalue weighted by Gasteiger charge is -2.74. The van der Waals surface area contributed by atoms with Crippen LogP contribution in [0.25, 0.3) is 11.3 Å². The maximum absolute atomic E-state index is 12.7. The van der Waals surface area contributed by atoms with Crippen molar-refractivity contribution in [2.45, 2.75) is 69.0 Å². The molecule has 3 heterocycles. The number of hydrogen-bond donors (Lipinski definition) is 4. The first-order valence-electron chi connectivity index (χ1n) is 12.7. The number of ether oxygens (including phenoxy) is 2. The van der Waals surface area contributed by atoms with Crippen molar-refractivity contribution in [1.29, 1.82) is 0 Å². The second kappa shape index (κ2) is 10.9. The van der Waals surface area contributed by atoms with E-state index in [9.17, 15) is 22.8 Å². The fourth-order valence-electron chi connectivity index (χ4n) is 5.69. The number of aliphatic hydroxyl groups excluding tert-OH is 1. The number of nitrogens with zero attached hydrogens (tertiary/aromatic N) is 4. The van der Waals surface area contributed by atoms with E-state index in [1.165, 1.54) is 12.3 Å². The highest BCUT2D eigenvalue weighted by atomic mass is 19.4. The number of hydrogen-bond acceptors (Lipinski definition) is 9. The van der Waals surface area contributed by atoms with Crippen molar-refractivity contribution in [1.82, 2.24) is 19.4 Å². The van der Waals surface area contributed by atoms with E-state index in [1.54, 1.807) is 0 Å². The van der Waals surface area contributed by atoms with E-state index in [0.29, 0.717) is 11.3 Å². The van der Waals surface area contributed by atoms with Crippen molar-refractivity contribution < 1.29 is 47.6 Å². The van der Waals surface area contributed by atoms with Gasteiger partial charge in [-0.15, -0.1) is 13.2 Å². The number of aliphatic hydroxyl groups is 1. The van der Waals surface area contributed by atoms with Crippen LogP contribution in [0.4, 0.5) is 19.0 Å². The molecule has 1 aliphatic heterocycles. The summed E-state index contributed by atoms with van der Waals surface area (Å²) in [7, 11) is 0. The lowest BCUT2D eigenvalue weighted by molar-refractivity contribution is -0.274. The SMILES string of the molecule is CC(C)c1nc(-c2cnc(N)c(OC(F)(F)F)c2)cn1C12CC(N3CCOCC3)(C1)C2.O=C(O)C[C@H](O)C(=O)O. The van der Waals surface area contributed by atoms with E-state index in [-0.39, 0.29) is 22.8 Å². The Hall–Kier alpha value is -3.43. The van der Waals surface area contributed by atoms with Gasteiger partial charge < -0.3 is 35.1 Å². The minimum absolute atomic E-state index is 0.0374. The van der Waals surface area contributed by atoms with Crippen LogP contribution in [0.3, 0.4) is 0 Å². The molecule has 4 fully saturated rings. The second-order valence-electron chi connectivity index (χ2n) is 10.7. The van der Waals surface area contributed by atoms with E-state index in [1.807, 2.05) is 6.20 Å². The first-order valence-corrected chi connectivity index (χ1v) is 12.7. The van der Waals surface area contributed by atoms with E-state index >= 15 is 0 Å². The molecule has 40 heavy (non-hydrogen) atoms. The van der Waals surface area contributed by atoms with Crippen LogP contribution in [-0.4, -0.2) is 91.0 Å². The van der Waals surface area contributed by atoms with Gasteiger partial charge >= 0.3 is 18.3 Å². The second-order valence-corrected chi connectivity index (χ2v) is 10.7. The molecule has 1 saturated heterocycles. The highest BCUT2D eigenvalue weighted by molar-refractivity contribution is 5.79. The van der Waals surface area contributed by atoms with Crippen LogP contribution < -0.4 is 10.5 Å². The number of pyridine rings is 1. The number of carboxylic acids is 2. The molecule has 6 rings (SSSR count). The summed E-state index contributed by atoms with van der Waals surface area (Å²) in [5.74, 6) is -2.56. The van der Waals surface area contributed by atoms with Gasteiger partial charge in [-0.2, -0.15) is 0 Å². The Kier molecular flexibility index (Phi) is 8.02. The molecule has 220 valence electrons. The molecular formula is C25H32F3N5O7. The molecule has 3 aliphatic carbocycles. The highest BCUT2D eigenvalue weighted by Gasteiger charge is 2.71. The zero-order valence-corrected chi connectivity index (χ0v) is 22.0. The van der Waals surface area contributed by atoms with Gasteiger partial charge in [-0.1, -0.05) is 13.8 Å². The Balaban J connectivity index is 0.000000357. The largest absolute Gasteiger partial charge is 0.573 e. The van der Waals surface area contributed by atoms with Crippen molar-refractivity contribution in [2.75, 3.05) is 32.0 Å². The number of halogens is 3. The van der Waals surface area contributed by atoms with Crippen molar-refractivity contribution in [3.05, 3.63) is 24.3 Å². The van der Waals surface area contributed by atoms with Crippen LogP contribution >= 0.6 is 0 Å². The van der Waals surface area contributed by atoms with Crippen molar-refractivity contribution >= 4 is 17.8 Å². The van der Waals surface area contributed by atoms with E-state index in [2.05, 4.69) is 33.0 Å². The number of aromatic nitrogens is 3. The molecule has 2 bridgehead atoms. The molecule has 15 heteroatoms. The first kappa shape index (κ1) is 29.6. The number of alkyl halides is 3. The lowest BCUT2D eigenvalue weighted by atomic mass is 9.43. The maximum Gasteiger partial charge on any atom is 0.573 e. The third kappa shape index (κ3) is 6.00. The summed E-state index contributed by atoms with van der Waals surface area (Å²) in [6.07, 6.45) is -0.795.